The molecule has 25 heavy (non-hydrogen) atoms. The largest absolute Gasteiger partial charge is 0.302 e. The van der Waals surface area contributed by atoms with Crippen molar-refractivity contribution in [3.8, 4) is 5.69 Å². The van der Waals surface area contributed by atoms with E-state index in [2.05, 4.69) is 34.0 Å². The highest BCUT2D eigenvalue weighted by molar-refractivity contribution is 5.70. The number of benzene rings is 1. The van der Waals surface area contributed by atoms with E-state index in [9.17, 15) is 13.6 Å². The summed E-state index contributed by atoms with van der Waals surface area (Å²) in [6, 6.07) is 3.08. The van der Waals surface area contributed by atoms with Gasteiger partial charge in [-0.2, -0.15) is 4.68 Å². The van der Waals surface area contributed by atoms with Gasteiger partial charge in [0.25, 0.3) is 5.56 Å². The lowest BCUT2D eigenvalue weighted by atomic mass is 10.3. The zero-order valence-electron chi connectivity index (χ0n) is 14.0. The summed E-state index contributed by atoms with van der Waals surface area (Å²) in [5.74, 6) is -1.50. The number of rotatable bonds is 6. The van der Waals surface area contributed by atoms with Crippen LogP contribution in [0.1, 0.15) is 13.8 Å². The first-order chi connectivity index (χ1) is 12.0. The summed E-state index contributed by atoms with van der Waals surface area (Å²) >= 11 is 0. The van der Waals surface area contributed by atoms with Gasteiger partial charge in [-0.3, -0.25) is 9.36 Å². The van der Waals surface area contributed by atoms with Crippen LogP contribution in [0.5, 0.6) is 0 Å². The molecule has 7 nitrogen and oxygen atoms in total. The normalized spacial score (nSPS) is 11.6. The van der Waals surface area contributed by atoms with E-state index in [-0.39, 0.29) is 22.4 Å². The van der Waals surface area contributed by atoms with Crippen molar-refractivity contribution in [2.75, 3.05) is 19.6 Å². The van der Waals surface area contributed by atoms with E-state index in [0.717, 1.165) is 29.9 Å². The van der Waals surface area contributed by atoms with Crippen LogP contribution in [0.15, 0.2) is 29.3 Å². The van der Waals surface area contributed by atoms with Crippen molar-refractivity contribution in [1.29, 1.82) is 0 Å². The number of likely N-dealkylation sites (N-methyl/N-ethyl adjacent to an activating group) is 1. The topological polar surface area (TPSA) is 68.8 Å². The van der Waals surface area contributed by atoms with Gasteiger partial charge >= 0.3 is 0 Å². The smallest absolute Gasteiger partial charge is 0.283 e. The molecule has 0 N–H and O–H groups in total. The Bertz CT molecular complexity index is 947. The molecule has 0 unspecified atom stereocenters. The second kappa shape index (κ2) is 7.06. The van der Waals surface area contributed by atoms with Crippen molar-refractivity contribution in [2.24, 2.45) is 0 Å². The molecule has 0 atom stereocenters. The molecular formula is C16H18F2N6O. The minimum absolute atomic E-state index is 0.0170. The van der Waals surface area contributed by atoms with E-state index in [1.54, 1.807) is 0 Å². The summed E-state index contributed by atoms with van der Waals surface area (Å²) in [6.07, 6.45) is 1.40. The van der Waals surface area contributed by atoms with E-state index < -0.39 is 11.6 Å². The molecule has 0 saturated carbocycles. The molecule has 9 heteroatoms. The Morgan fingerprint density at radius 2 is 1.96 bits per heavy atom. The third kappa shape index (κ3) is 3.27. The lowest BCUT2D eigenvalue weighted by Gasteiger charge is -2.18. The lowest BCUT2D eigenvalue weighted by Crippen LogP contribution is -2.31. The Hall–Kier alpha value is -2.68. The summed E-state index contributed by atoms with van der Waals surface area (Å²) in [5.41, 5.74) is -0.178. The summed E-state index contributed by atoms with van der Waals surface area (Å²) in [4.78, 5) is 18.9. The molecule has 0 aliphatic rings. The number of halogens is 2. The summed E-state index contributed by atoms with van der Waals surface area (Å²) < 4.78 is 29.6. The second-order valence-corrected chi connectivity index (χ2v) is 5.54. The molecule has 3 aromatic rings. The number of nitrogens with zero attached hydrogens (tertiary/aromatic N) is 6. The van der Waals surface area contributed by atoms with Gasteiger partial charge in [0.15, 0.2) is 17.0 Å². The van der Waals surface area contributed by atoms with Crippen LogP contribution in [0.25, 0.3) is 16.9 Å². The highest BCUT2D eigenvalue weighted by Gasteiger charge is 2.16. The Morgan fingerprint density at radius 1 is 1.20 bits per heavy atom. The quantitative estimate of drug-likeness (QED) is 0.677. The zero-order valence-corrected chi connectivity index (χ0v) is 14.0. The first kappa shape index (κ1) is 17.2. The molecule has 2 heterocycles. The molecule has 132 valence electrons. The minimum atomic E-state index is -0.806. The van der Waals surface area contributed by atoms with Gasteiger partial charge in [0.1, 0.15) is 17.8 Å². The molecule has 0 aliphatic heterocycles. The van der Waals surface area contributed by atoms with Crippen molar-refractivity contribution in [1.82, 2.24) is 29.4 Å². The molecule has 0 aliphatic carbocycles. The van der Waals surface area contributed by atoms with Crippen LogP contribution in [-0.4, -0.2) is 49.1 Å². The van der Waals surface area contributed by atoms with Gasteiger partial charge in [0.2, 0.25) is 0 Å². The fourth-order valence-electron chi connectivity index (χ4n) is 2.61. The Morgan fingerprint density at radius 3 is 2.64 bits per heavy atom. The van der Waals surface area contributed by atoms with Gasteiger partial charge in [-0.05, 0) is 25.2 Å². The lowest BCUT2D eigenvalue weighted by molar-refractivity contribution is 0.289. The number of hydrogen-bond acceptors (Lipinski definition) is 5. The Labute approximate surface area is 142 Å². The molecule has 0 saturated heterocycles. The fourth-order valence-corrected chi connectivity index (χ4v) is 2.61. The average molecular weight is 348 g/mol. The van der Waals surface area contributed by atoms with Gasteiger partial charge in [0, 0.05) is 19.2 Å². The van der Waals surface area contributed by atoms with Crippen molar-refractivity contribution in [3.05, 3.63) is 46.5 Å². The third-order valence-electron chi connectivity index (χ3n) is 4.12. The van der Waals surface area contributed by atoms with Crippen molar-refractivity contribution >= 4 is 11.2 Å². The van der Waals surface area contributed by atoms with Crippen LogP contribution in [0.3, 0.4) is 0 Å². The fraction of sp³-hybridized carbons (Fsp3) is 0.375. The van der Waals surface area contributed by atoms with E-state index in [1.165, 1.54) is 17.0 Å². The van der Waals surface area contributed by atoms with Gasteiger partial charge in [0.05, 0.1) is 0 Å². The molecule has 0 amide bonds. The maximum absolute atomic E-state index is 14.0. The van der Waals surface area contributed by atoms with Crippen LogP contribution in [0, 0.1) is 11.6 Å². The predicted molar refractivity (Wildman–Crippen MR) is 88.6 cm³/mol. The number of aromatic nitrogens is 5. The first-order valence-electron chi connectivity index (χ1n) is 8.03. The Balaban J connectivity index is 1.98. The van der Waals surface area contributed by atoms with E-state index in [4.69, 9.17) is 0 Å². The van der Waals surface area contributed by atoms with Crippen LogP contribution < -0.4 is 5.56 Å². The zero-order chi connectivity index (χ0) is 18.0. The summed E-state index contributed by atoms with van der Waals surface area (Å²) in [7, 11) is 0. The van der Waals surface area contributed by atoms with Crippen molar-refractivity contribution < 1.29 is 8.78 Å². The molecule has 0 fully saturated rings. The van der Waals surface area contributed by atoms with E-state index >= 15 is 0 Å². The van der Waals surface area contributed by atoms with Gasteiger partial charge in [-0.25, -0.2) is 13.8 Å². The second-order valence-electron chi connectivity index (χ2n) is 5.54. The highest BCUT2D eigenvalue weighted by atomic mass is 19.1. The van der Waals surface area contributed by atoms with Crippen LogP contribution in [-0.2, 0) is 6.54 Å². The van der Waals surface area contributed by atoms with E-state index in [0.29, 0.717) is 13.1 Å². The van der Waals surface area contributed by atoms with Gasteiger partial charge < -0.3 is 4.90 Å². The van der Waals surface area contributed by atoms with Crippen molar-refractivity contribution in [3.63, 3.8) is 0 Å². The SMILES string of the molecule is CCN(CC)CCn1cnc2c(nnn2-c2ccc(F)cc2F)c1=O. The molecule has 2 aromatic heterocycles. The molecule has 0 spiro atoms. The minimum Gasteiger partial charge on any atom is -0.302 e. The monoisotopic (exact) mass is 348 g/mol. The summed E-state index contributed by atoms with van der Waals surface area (Å²) in [5, 5.41) is 7.63. The average Bonchev–Trinajstić information content (AvgIpc) is 3.02. The third-order valence-corrected chi connectivity index (χ3v) is 4.12. The molecular weight excluding hydrogens is 330 g/mol. The first-order valence-corrected chi connectivity index (χ1v) is 8.03. The van der Waals surface area contributed by atoms with Gasteiger partial charge in [-0.1, -0.05) is 19.1 Å². The number of hydrogen-bond donors (Lipinski definition) is 0. The molecule has 3 rings (SSSR count). The maximum atomic E-state index is 14.0. The van der Waals surface area contributed by atoms with Gasteiger partial charge in [-0.15, -0.1) is 5.10 Å². The van der Waals surface area contributed by atoms with Crippen molar-refractivity contribution in [2.45, 2.75) is 20.4 Å². The summed E-state index contributed by atoms with van der Waals surface area (Å²) in [6.45, 7) is 7.07. The van der Waals surface area contributed by atoms with Crippen LogP contribution in [0.4, 0.5) is 8.78 Å². The Kier molecular flexibility index (Phi) is 4.84. The molecule has 0 bridgehead atoms. The van der Waals surface area contributed by atoms with Crippen LogP contribution >= 0.6 is 0 Å². The molecule has 0 radical (unpaired) electrons. The van der Waals surface area contributed by atoms with E-state index in [1.807, 2.05) is 0 Å². The van der Waals surface area contributed by atoms with Crippen LogP contribution in [0.2, 0.25) is 0 Å². The number of fused-ring (bicyclic) bond motifs is 1. The maximum Gasteiger partial charge on any atom is 0.283 e. The predicted octanol–water partition coefficient (Wildman–Crippen LogP) is 1.60. The molecule has 1 aromatic carbocycles. The standard InChI is InChI=1S/C16H18F2N6O/c1-3-22(4-2)7-8-23-10-19-15-14(16(23)25)20-21-24(15)13-6-5-11(17)9-12(13)18/h5-6,9-10H,3-4,7-8H2,1-2H3. The highest BCUT2D eigenvalue weighted by Crippen LogP contribution is 2.16.